The van der Waals surface area contributed by atoms with Crippen molar-refractivity contribution in [2.75, 3.05) is 33.0 Å². The van der Waals surface area contributed by atoms with Gasteiger partial charge in [-0.05, 0) is 29.9 Å². The third-order valence-electron chi connectivity index (χ3n) is 7.35. The van der Waals surface area contributed by atoms with Crippen molar-refractivity contribution < 1.29 is 29.0 Å². The van der Waals surface area contributed by atoms with Crippen molar-refractivity contribution in [1.29, 1.82) is 0 Å². The maximum atomic E-state index is 13.7. The molecule has 0 spiro atoms. The Morgan fingerprint density at radius 2 is 1.85 bits per heavy atom. The maximum Gasteiger partial charge on any atom is 0.243 e. The number of likely N-dealkylation sites (tertiary alicyclic amines) is 1. The number of carbonyl (C=O) groups is 3. The second-order valence-corrected chi connectivity index (χ2v) is 12.6. The fraction of sp³-hybridized carbons (Fsp3) is 0.613. The Kier molecular flexibility index (Phi) is 12.4. The zero-order valence-electron chi connectivity index (χ0n) is 25.0. The number of aliphatic hydroxyl groups is 1. The Labute approximate surface area is 247 Å². The highest BCUT2D eigenvalue weighted by Crippen LogP contribution is 2.33. The third kappa shape index (κ3) is 9.70. The van der Waals surface area contributed by atoms with Crippen LogP contribution in [0.25, 0.3) is 10.4 Å². The predicted octanol–water partition coefficient (Wildman–Crippen LogP) is 4.15. The fourth-order valence-corrected chi connectivity index (χ4v) is 5.68. The number of ketones is 1. The van der Waals surface area contributed by atoms with Crippen molar-refractivity contribution in [1.82, 2.24) is 15.2 Å². The number of aryl methyl sites for hydroxylation is 1. The Hall–Kier alpha value is -2.66. The molecule has 0 aliphatic carbocycles. The summed E-state index contributed by atoms with van der Waals surface area (Å²) in [4.78, 5) is 46.6. The molecule has 9 nitrogen and oxygen atoms in total. The van der Waals surface area contributed by atoms with Gasteiger partial charge in [-0.25, -0.2) is 4.98 Å². The van der Waals surface area contributed by atoms with Crippen LogP contribution in [-0.2, 0) is 30.4 Å². The smallest absolute Gasteiger partial charge is 0.243 e. The molecule has 1 unspecified atom stereocenters. The van der Waals surface area contributed by atoms with E-state index in [2.05, 4.69) is 17.2 Å². The number of thiazole rings is 1. The Morgan fingerprint density at radius 1 is 1.15 bits per heavy atom. The molecular formula is C31H45N3O6S. The molecule has 1 aromatic heterocycles. The highest BCUT2D eigenvalue weighted by molar-refractivity contribution is 7.13. The zero-order valence-corrected chi connectivity index (χ0v) is 25.8. The van der Waals surface area contributed by atoms with Gasteiger partial charge in [-0.15, -0.1) is 11.3 Å². The van der Waals surface area contributed by atoms with Crippen LogP contribution in [-0.4, -0.2) is 77.7 Å². The van der Waals surface area contributed by atoms with Crippen molar-refractivity contribution in [3.05, 3.63) is 41.0 Å². The molecule has 1 aliphatic rings. The summed E-state index contributed by atoms with van der Waals surface area (Å²) in [6, 6.07) is 7.13. The van der Waals surface area contributed by atoms with E-state index in [4.69, 9.17) is 9.47 Å². The van der Waals surface area contributed by atoms with E-state index in [9.17, 15) is 19.5 Å². The maximum absolute atomic E-state index is 13.7. The second-order valence-electron chi connectivity index (χ2n) is 11.8. The minimum atomic E-state index is -0.802. The van der Waals surface area contributed by atoms with Crippen molar-refractivity contribution in [3.8, 4) is 10.4 Å². The van der Waals surface area contributed by atoms with Gasteiger partial charge in [0.25, 0.3) is 0 Å². The molecule has 2 aromatic rings. The topological polar surface area (TPSA) is 118 Å². The van der Waals surface area contributed by atoms with Crippen LogP contribution in [0.5, 0.6) is 0 Å². The summed E-state index contributed by atoms with van der Waals surface area (Å²) in [5.41, 5.74) is 4.28. The summed E-state index contributed by atoms with van der Waals surface area (Å²) in [6.45, 7) is 11.5. The lowest BCUT2D eigenvalue weighted by atomic mass is 9.77. The minimum absolute atomic E-state index is 0.00550. The number of β-amino-alcohol motifs (C(OH)–C–C–N with tert-alkyl or cyclic N) is 1. The van der Waals surface area contributed by atoms with Crippen molar-refractivity contribution in [3.63, 3.8) is 0 Å². The average molecular weight is 588 g/mol. The molecule has 1 aromatic carbocycles. The molecule has 0 bridgehead atoms. The number of nitrogens with one attached hydrogen (secondary N) is 1. The van der Waals surface area contributed by atoms with E-state index >= 15 is 0 Å². The van der Waals surface area contributed by atoms with Crippen LogP contribution in [0.4, 0.5) is 0 Å². The van der Waals surface area contributed by atoms with Gasteiger partial charge in [0.05, 0.1) is 35.4 Å². The molecule has 41 heavy (non-hydrogen) atoms. The lowest BCUT2D eigenvalue weighted by molar-refractivity contribution is -0.146. The summed E-state index contributed by atoms with van der Waals surface area (Å²) in [6.07, 6.45) is 1.40. The molecule has 2 amide bonds. The number of benzene rings is 1. The number of nitrogens with zero attached hydrogens (tertiary/aromatic N) is 2. The van der Waals surface area contributed by atoms with Gasteiger partial charge in [0, 0.05) is 38.5 Å². The first kappa shape index (κ1) is 32.8. The van der Waals surface area contributed by atoms with Crippen molar-refractivity contribution >= 4 is 28.9 Å². The van der Waals surface area contributed by atoms with Crippen LogP contribution in [0.1, 0.15) is 64.6 Å². The number of ether oxygens (including phenoxy) is 2. The van der Waals surface area contributed by atoms with E-state index in [0.29, 0.717) is 26.4 Å². The van der Waals surface area contributed by atoms with Crippen molar-refractivity contribution in [2.24, 2.45) is 11.3 Å². The lowest BCUT2D eigenvalue weighted by Gasteiger charge is -2.34. The fourth-order valence-electron chi connectivity index (χ4n) is 4.87. The average Bonchev–Trinajstić information content (AvgIpc) is 3.54. The number of rotatable bonds is 15. The minimum Gasteiger partial charge on any atom is -0.391 e. The van der Waals surface area contributed by atoms with E-state index in [1.807, 2.05) is 57.5 Å². The molecule has 1 fully saturated rings. The molecule has 10 heteroatoms. The van der Waals surface area contributed by atoms with Gasteiger partial charge < -0.3 is 24.8 Å². The van der Waals surface area contributed by atoms with Crippen molar-refractivity contribution in [2.45, 2.75) is 79.0 Å². The van der Waals surface area contributed by atoms with E-state index in [0.717, 1.165) is 34.5 Å². The normalized spacial score (nSPS) is 18.0. The van der Waals surface area contributed by atoms with Crippen LogP contribution in [0.2, 0.25) is 0 Å². The predicted molar refractivity (Wildman–Crippen MR) is 159 cm³/mol. The summed E-state index contributed by atoms with van der Waals surface area (Å²) >= 11 is 1.59. The van der Waals surface area contributed by atoms with Crippen LogP contribution in [0.3, 0.4) is 0 Å². The summed E-state index contributed by atoms with van der Waals surface area (Å²) in [5.74, 6) is -1.44. The molecular weight excluding hydrogens is 542 g/mol. The number of hydrogen-bond acceptors (Lipinski definition) is 8. The number of aromatic nitrogens is 1. The zero-order chi connectivity index (χ0) is 30.0. The lowest BCUT2D eigenvalue weighted by Crippen LogP contribution is -2.50. The Balaban J connectivity index is 1.57. The molecule has 2 N–H and O–H groups in total. The standard InChI is InChI=1S/C31H45N3O6S/c1-6-7-12-39-13-14-40-19-25(36)15-26(31(3,4)5)30(38)34-18-24(35)16-27(34)29(37)32-17-22-8-10-23(11-9-22)28-21(2)33-20-41-28/h8-11,20,24,26-27,35H,6-7,12-19H2,1-5H3,(H,32,37)/t24-,26?,27+/m1/s1. The molecule has 0 saturated carbocycles. The molecule has 3 atom stereocenters. The first-order valence-corrected chi connectivity index (χ1v) is 15.3. The summed E-state index contributed by atoms with van der Waals surface area (Å²) < 4.78 is 10.9. The monoisotopic (exact) mass is 587 g/mol. The van der Waals surface area contributed by atoms with Crippen LogP contribution < -0.4 is 5.32 Å². The molecule has 1 aliphatic heterocycles. The molecule has 2 heterocycles. The van der Waals surface area contributed by atoms with Crippen LogP contribution >= 0.6 is 11.3 Å². The van der Waals surface area contributed by atoms with E-state index < -0.39 is 23.5 Å². The highest BCUT2D eigenvalue weighted by atomic mass is 32.1. The molecule has 226 valence electrons. The highest BCUT2D eigenvalue weighted by Gasteiger charge is 2.44. The Morgan fingerprint density at radius 3 is 2.49 bits per heavy atom. The SMILES string of the molecule is CCCCOCCOCC(=O)CC(C(=O)N1C[C@H](O)C[C@H]1C(=O)NCc1ccc(-c2scnc2C)cc1)C(C)(C)C. The van der Waals surface area contributed by atoms with Crippen LogP contribution in [0.15, 0.2) is 29.8 Å². The van der Waals surface area contributed by atoms with Gasteiger partial charge in [-0.3, -0.25) is 14.4 Å². The number of aliphatic hydroxyl groups excluding tert-OH is 1. The molecule has 1 saturated heterocycles. The summed E-state index contributed by atoms with van der Waals surface area (Å²) in [7, 11) is 0. The number of amides is 2. The quantitative estimate of drug-likeness (QED) is 0.301. The number of Topliss-reactive ketones (excluding diaryl/α,β-unsaturated/α-hetero) is 1. The second kappa shape index (κ2) is 15.5. The van der Waals surface area contributed by atoms with Gasteiger partial charge in [0.2, 0.25) is 11.8 Å². The van der Waals surface area contributed by atoms with Gasteiger partial charge in [-0.2, -0.15) is 0 Å². The number of hydrogen-bond donors (Lipinski definition) is 2. The van der Waals surface area contributed by atoms with Gasteiger partial charge >= 0.3 is 0 Å². The van der Waals surface area contributed by atoms with Gasteiger partial charge in [0.15, 0.2) is 5.78 Å². The third-order valence-corrected chi connectivity index (χ3v) is 8.32. The van der Waals surface area contributed by atoms with Gasteiger partial charge in [0.1, 0.15) is 12.6 Å². The van der Waals surface area contributed by atoms with E-state index in [1.54, 1.807) is 11.3 Å². The van der Waals surface area contributed by atoms with Gasteiger partial charge in [-0.1, -0.05) is 58.4 Å². The first-order valence-electron chi connectivity index (χ1n) is 14.4. The first-order chi connectivity index (χ1) is 19.5. The molecule has 3 rings (SSSR count). The number of unbranched alkanes of at least 4 members (excludes halogenated alkanes) is 1. The van der Waals surface area contributed by atoms with Crippen LogP contribution in [0, 0.1) is 18.3 Å². The number of carbonyl (C=O) groups excluding carboxylic acids is 3. The largest absolute Gasteiger partial charge is 0.391 e. The van der Waals surface area contributed by atoms with E-state index in [1.165, 1.54) is 4.90 Å². The molecule has 0 radical (unpaired) electrons. The Bertz CT molecular complexity index is 1140. The summed E-state index contributed by atoms with van der Waals surface area (Å²) in [5, 5.41) is 13.3. The van der Waals surface area contributed by atoms with E-state index in [-0.39, 0.29) is 43.6 Å².